The highest BCUT2D eigenvalue weighted by Gasteiger charge is 2.50. The zero-order valence-electron chi connectivity index (χ0n) is 14.0. The van der Waals surface area contributed by atoms with E-state index < -0.39 is 5.54 Å². The Kier molecular flexibility index (Phi) is 4.92. The van der Waals surface area contributed by atoms with Crippen LogP contribution in [0.15, 0.2) is 24.3 Å². The van der Waals surface area contributed by atoms with Crippen LogP contribution in [-0.4, -0.2) is 42.1 Å². The molecule has 6 nitrogen and oxygen atoms in total. The molecular weight excluding hydrogens is 308 g/mol. The van der Waals surface area contributed by atoms with E-state index in [1.807, 2.05) is 31.2 Å². The molecule has 6 heteroatoms. The summed E-state index contributed by atoms with van der Waals surface area (Å²) in [6, 6.07) is 7.02. The first-order chi connectivity index (χ1) is 11.6. The standard InChI is InChI=1S/C18H24N2O4/c1-2-23-14-6-8-15(9-7-14)24-13-12-20-16(21)18(19-17(20)22)10-4-3-5-11-18/h6-9H,2-5,10-13H2,1H3,(H,19,22). The molecule has 0 radical (unpaired) electrons. The van der Waals surface area contributed by atoms with Crippen molar-refractivity contribution in [3.63, 3.8) is 0 Å². The molecule has 1 aromatic carbocycles. The second-order valence-electron chi connectivity index (χ2n) is 6.28. The first-order valence-corrected chi connectivity index (χ1v) is 8.64. The third-order valence-electron chi connectivity index (χ3n) is 4.67. The van der Waals surface area contributed by atoms with Gasteiger partial charge in [0.25, 0.3) is 5.91 Å². The van der Waals surface area contributed by atoms with Crippen molar-refractivity contribution >= 4 is 11.9 Å². The molecule has 1 aliphatic carbocycles. The monoisotopic (exact) mass is 332 g/mol. The lowest BCUT2D eigenvalue weighted by atomic mass is 9.82. The van der Waals surface area contributed by atoms with Gasteiger partial charge in [-0.2, -0.15) is 0 Å². The van der Waals surface area contributed by atoms with Gasteiger partial charge >= 0.3 is 6.03 Å². The molecular formula is C18H24N2O4. The van der Waals surface area contributed by atoms with E-state index in [9.17, 15) is 9.59 Å². The van der Waals surface area contributed by atoms with Crippen molar-refractivity contribution in [3.05, 3.63) is 24.3 Å². The van der Waals surface area contributed by atoms with Crippen LogP contribution in [0.1, 0.15) is 39.0 Å². The van der Waals surface area contributed by atoms with Crippen molar-refractivity contribution in [2.45, 2.75) is 44.6 Å². The number of ether oxygens (including phenoxy) is 2. The molecule has 1 aromatic rings. The molecule has 2 fully saturated rings. The van der Waals surface area contributed by atoms with Crippen molar-refractivity contribution < 1.29 is 19.1 Å². The van der Waals surface area contributed by atoms with Crippen molar-refractivity contribution in [1.29, 1.82) is 0 Å². The second-order valence-corrected chi connectivity index (χ2v) is 6.28. The average molecular weight is 332 g/mol. The molecule has 1 N–H and O–H groups in total. The molecule has 1 saturated carbocycles. The van der Waals surface area contributed by atoms with Crippen LogP contribution in [0.4, 0.5) is 4.79 Å². The summed E-state index contributed by atoms with van der Waals surface area (Å²) in [4.78, 5) is 26.1. The van der Waals surface area contributed by atoms with E-state index in [2.05, 4.69) is 5.32 Å². The van der Waals surface area contributed by atoms with Gasteiger partial charge in [0.05, 0.1) is 13.2 Å². The van der Waals surface area contributed by atoms with E-state index in [1.165, 1.54) is 4.90 Å². The van der Waals surface area contributed by atoms with Gasteiger partial charge < -0.3 is 14.8 Å². The number of hydrogen-bond acceptors (Lipinski definition) is 4. The minimum Gasteiger partial charge on any atom is -0.494 e. The number of carbonyl (C=O) groups excluding carboxylic acids is 2. The van der Waals surface area contributed by atoms with Crippen molar-refractivity contribution in [1.82, 2.24) is 10.2 Å². The van der Waals surface area contributed by atoms with Crippen molar-refractivity contribution in [2.75, 3.05) is 19.8 Å². The first-order valence-electron chi connectivity index (χ1n) is 8.64. The number of urea groups is 1. The Morgan fingerprint density at radius 2 is 1.67 bits per heavy atom. The van der Waals surface area contributed by atoms with E-state index in [0.29, 0.717) is 12.4 Å². The van der Waals surface area contributed by atoms with Gasteiger partial charge in [0.1, 0.15) is 23.6 Å². The molecule has 130 valence electrons. The molecule has 1 heterocycles. The highest BCUT2D eigenvalue weighted by atomic mass is 16.5. The van der Waals surface area contributed by atoms with Crippen molar-refractivity contribution in [3.8, 4) is 11.5 Å². The van der Waals surface area contributed by atoms with Crippen LogP contribution in [-0.2, 0) is 4.79 Å². The Morgan fingerprint density at radius 1 is 1.04 bits per heavy atom. The number of nitrogens with one attached hydrogen (secondary N) is 1. The summed E-state index contributed by atoms with van der Waals surface area (Å²) in [7, 11) is 0. The topological polar surface area (TPSA) is 67.9 Å². The Morgan fingerprint density at radius 3 is 2.29 bits per heavy atom. The Hall–Kier alpha value is -2.24. The van der Waals surface area contributed by atoms with E-state index >= 15 is 0 Å². The highest BCUT2D eigenvalue weighted by Crippen LogP contribution is 2.33. The molecule has 2 aliphatic rings. The predicted molar refractivity (Wildman–Crippen MR) is 89.2 cm³/mol. The Balaban J connectivity index is 1.53. The normalized spacial score (nSPS) is 19.5. The molecule has 0 atom stereocenters. The van der Waals surface area contributed by atoms with Crippen LogP contribution >= 0.6 is 0 Å². The van der Waals surface area contributed by atoms with E-state index in [0.717, 1.165) is 37.9 Å². The summed E-state index contributed by atoms with van der Waals surface area (Å²) in [5.74, 6) is 1.39. The summed E-state index contributed by atoms with van der Waals surface area (Å²) in [6.07, 6.45) is 4.60. The van der Waals surface area contributed by atoms with Crippen molar-refractivity contribution in [2.24, 2.45) is 0 Å². The molecule has 0 bridgehead atoms. The lowest BCUT2D eigenvalue weighted by Gasteiger charge is -2.30. The van der Waals surface area contributed by atoms with Gasteiger partial charge in [0.15, 0.2) is 0 Å². The summed E-state index contributed by atoms with van der Waals surface area (Å²) in [6.45, 7) is 3.10. The van der Waals surface area contributed by atoms with E-state index in [1.54, 1.807) is 0 Å². The molecule has 1 aliphatic heterocycles. The molecule has 1 spiro atoms. The minimum atomic E-state index is -0.658. The van der Waals surface area contributed by atoms with Crippen LogP contribution in [0.5, 0.6) is 11.5 Å². The number of hydrogen-bond donors (Lipinski definition) is 1. The number of carbonyl (C=O) groups is 2. The maximum atomic E-state index is 12.6. The summed E-state index contributed by atoms with van der Waals surface area (Å²) < 4.78 is 11.0. The fraction of sp³-hybridized carbons (Fsp3) is 0.556. The fourth-order valence-corrected chi connectivity index (χ4v) is 3.43. The number of imide groups is 1. The fourth-order valence-electron chi connectivity index (χ4n) is 3.43. The molecule has 1 saturated heterocycles. The quantitative estimate of drug-likeness (QED) is 0.813. The maximum absolute atomic E-state index is 12.6. The van der Waals surface area contributed by atoms with Gasteiger partial charge in [-0.15, -0.1) is 0 Å². The van der Waals surface area contributed by atoms with Gasteiger partial charge in [-0.3, -0.25) is 9.69 Å². The lowest BCUT2D eigenvalue weighted by Crippen LogP contribution is -2.48. The van der Waals surface area contributed by atoms with Gasteiger partial charge in [-0.05, 0) is 44.0 Å². The van der Waals surface area contributed by atoms with Gasteiger partial charge in [-0.1, -0.05) is 19.3 Å². The van der Waals surface area contributed by atoms with Gasteiger partial charge in [0.2, 0.25) is 0 Å². The van der Waals surface area contributed by atoms with Crippen LogP contribution in [0, 0.1) is 0 Å². The van der Waals surface area contributed by atoms with Crippen LogP contribution in [0.25, 0.3) is 0 Å². The molecule has 0 unspecified atom stereocenters. The van der Waals surface area contributed by atoms with Crippen LogP contribution in [0.2, 0.25) is 0 Å². The summed E-state index contributed by atoms with van der Waals surface area (Å²) >= 11 is 0. The smallest absolute Gasteiger partial charge is 0.325 e. The molecule has 3 amide bonds. The third kappa shape index (κ3) is 3.32. The lowest BCUT2D eigenvalue weighted by molar-refractivity contribution is -0.132. The molecule has 3 rings (SSSR count). The average Bonchev–Trinajstić information content (AvgIpc) is 2.81. The highest BCUT2D eigenvalue weighted by molar-refractivity contribution is 6.07. The number of nitrogens with zero attached hydrogens (tertiary/aromatic N) is 1. The number of rotatable bonds is 6. The molecule has 24 heavy (non-hydrogen) atoms. The SMILES string of the molecule is CCOc1ccc(OCCN2C(=O)NC3(CCCCC3)C2=O)cc1. The maximum Gasteiger partial charge on any atom is 0.325 e. The predicted octanol–water partition coefficient (Wildman–Crippen LogP) is 2.72. The Bertz CT molecular complexity index is 594. The zero-order chi connectivity index (χ0) is 17.0. The zero-order valence-corrected chi connectivity index (χ0v) is 14.0. The minimum absolute atomic E-state index is 0.0949. The summed E-state index contributed by atoms with van der Waals surface area (Å²) in [5.41, 5.74) is -0.658. The number of amides is 3. The van der Waals surface area contributed by atoms with Crippen LogP contribution < -0.4 is 14.8 Å². The van der Waals surface area contributed by atoms with Gasteiger partial charge in [0, 0.05) is 0 Å². The second kappa shape index (κ2) is 7.11. The third-order valence-corrected chi connectivity index (χ3v) is 4.67. The number of benzene rings is 1. The largest absolute Gasteiger partial charge is 0.494 e. The Labute approximate surface area is 142 Å². The first kappa shape index (κ1) is 16.6. The van der Waals surface area contributed by atoms with Gasteiger partial charge in [-0.25, -0.2) is 4.79 Å². The summed E-state index contributed by atoms with van der Waals surface area (Å²) in [5, 5.41) is 2.90. The van der Waals surface area contributed by atoms with Crippen LogP contribution in [0.3, 0.4) is 0 Å². The van der Waals surface area contributed by atoms with E-state index in [4.69, 9.17) is 9.47 Å². The van der Waals surface area contributed by atoms with E-state index in [-0.39, 0.29) is 25.1 Å². The molecule has 0 aromatic heterocycles.